The quantitative estimate of drug-likeness (QED) is 0.0197. The molecule has 0 aliphatic heterocycles. The number of carbonyl (C=O) groups is 1. The topological polar surface area (TPSA) is 226 Å². The SMILES string of the molecule is CCCCCCCCCC/C=C/C(O)C(COP(=O)(O)OC1C(O)C(O)C(O)C(O)C1O)NC(=O)CC(O)CCCCCCCCCCCCCCCCC. The molecule has 326 valence electrons. The average Bonchev–Trinajstić information content (AvgIpc) is 3.15. The van der Waals surface area contributed by atoms with E-state index in [9.17, 15) is 50.0 Å². The molecule has 14 heteroatoms. The van der Waals surface area contributed by atoms with Crippen molar-refractivity contribution in [2.45, 2.75) is 236 Å². The Bertz CT molecular complexity index is 1010. The minimum absolute atomic E-state index is 0.240. The van der Waals surface area contributed by atoms with Gasteiger partial charge in [0.2, 0.25) is 5.91 Å². The lowest BCUT2D eigenvalue weighted by Crippen LogP contribution is -2.64. The molecule has 1 aliphatic carbocycles. The lowest BCUT2D eigenvalue weighted by Gasteiger charge is -2.41. The van der Waals surface area contributed by atoms with Crippen molar-refractivity contribution in [2.24, 2.45) is 0 Å². The number of hydrogen-bond acceptors (Lipinski definition) is 11. The van der Waals surface area contributed by atoms with Crippen molar-refractivity contribution in [1.82, 2.24) is 5.32 Å². The van der Waals surface area contributed by atoms with Gasteiger partial charge in [0.25, 0.3) is 0 Å². The maximum Gasteiger partial charge on any atom is 0.472 e. The van der Waals surface area contributed by atoms with Gasteiger partial charge in [-0.25, -0.2) is 4.57 Å². The van der Waals surface area contributed by atoms with Crippen molar-refractivity contribution >= 4 is 13.7 Å². The number of phosphoric acid groups is 1. The van der Waals surface area contributed by atoms with Crippen LogP contribution in [0, 0.1) is 0 Å². The molecular weight excluding hydrogens is 729 g/mol. The smallest absolute Gasteiger partial charge is 0.393 e. The highest BCUT2D eigenvalue weighted by Crippen LogP contribution is 2.47. The summed E-state index contributed by atoms with van der Waals surface area (Å²) in [4.78, 5) is 23.3. The van der Waals surface area contributed by atoms with Crippen LogP contribution >= 0.6 is 7.82 Å². The van der Waals surface area contributed by atoms with Crippen molar-refractivity contribution in [1.29, 1.82) is 0 Å². The van der Waals surface area contributed by atoms with Crippen LogP contribution in [0.1, 0.15) is 181 Å². The molecule has 0 aromatic carbocycles. The lowest BCUT2D eigenvalue weighted by atomic mass is 9.85. The molecule has 0 radical (unpaired) electrons. The highest BCUT2D eigenvalue weighted by molar-refractivity contribution is 7.47. The number of hydrogen-bond donors (Lipinski definition) is 9. The van der Waals surface area contributed by atoms with Gasteiger partial charge in [0.1, 0.15) is 36.6 Å². The molecule has 1 amide bonds. The summed E-state index contributed by atoms with van der Waals surface area (Å²) in [7, 11) is -5.13. The van der Waals surface area contributed by atoms with E-state index >= 15 is 0 Å². The molecule has 0 bridgehead atoms. The third kappa shape index (κ3) is 24.5. The van der Waals surface area contributed by atoms with E-state index in [4.69, 9.17) is 9.05 Å². The second-order valence-electron chi connectivity index (χ2n) is 15.7. The van der Waals surface area contributed by atoms with Crippen LogP contribution in [0.25, 0.3) is 0 Å². The normalized spacial score (nSPS) is 24.5. The first-order chi connectivity index (χ1) is 26.3. The van der Waals surface area contributed by atoms with Gasteiger partial charge in [-0.1, -0.05) is 167 Å². The Balaban J connectivity index is 2.55. The fourth-order valence-corrected chi connectivity index (χ4v) is 7.97. The van der Waals surface area contributed by atoms with Crippen LogP contribution in [0.5, 0.6) is 0 Å². The van der Waals surface area contributed by atoms with E-state index in [2.05, 4.69) is 19.2 Å². The second kappa shape index (κ2) is 32.0. The van der Waals surface area contributed by atoms with E-state index in [-0.39, 0.29) is 6.42 Å². The van der Waals surface area contributed by atoms with Gasteiger partial charge in [0.05, 0.1) is 31.3 Å². The molecule has 0 aromatic heterocycles. The van der Waals surface area contributed by atoms with Crippen LogP contribution in [-0.2, 0) is 18.4 Å². The zero-order valence-corrected chi connectivity index (χ0v) is 35.0. The monoisotopic (exact) mass is 810 g/mol. The molecule has 9 N–H and O–H groups in total. The lowest BCUT2D eigenvalue weighted by molar-refractivity contribution is -0.220. The van der Waals surface area contributed by atoms with Gasteiger partial charge in [-0.05, 0) is 19.3 Å². The van der Waals surface area contributed by atoms with Crippen LogP contribution < -0.4 is 5.32 Å². The van der Waals surface area contributed by atoms with Gasteiger partial charge < -0.3 is 46.0 Å². The number of rotatable bonds is 35. The fourth-order valence-electron chi connectivity index (χ4n) is 7.00. The number of allylic oxidation sites excluding steroid dienone is 1. The predicted octanol–water partition coefficient (Wildman–Crippen LogP) is 6.25. The first-order valence-corrected chi connectivity index (χ1v) is 23.2. The first kappa shape index (κ1) is 52.1. The molecule has 1 fully saturated rings. The fraction of sp³-hybridized carbons (Fsp3) is 0.927. The Hall–Kier alpha value is -0.960. The minimum Gasteiger partial charge on any atom is -0.393 e. The van der Waals surface area contributed by atoms with E-state index in [1.165, 1.54) is 109 Å². The summed E-state index contributed by atoms with van der Waals surface area (Å²) in [5.74, 6) is -0.593. The second-order valence-corrected chi connectivity index (χ2v) is 17.1. The zero-order chi connectivity index (χ0) is 40.9. The van der Waals surface area contributed by atoms with E-state index in [0.29, 0.717) is 12.8 Å². The maximum atomic E-state index is 12.9. The summed E-state index contributed by atoms with van der Waals surface area (Å²) in [6, 6.07) is -1.23. The van der Waals surface area contributed by atoms with Crippen molar-refractivity contribution in [3.63, 3.8) is 0 Å². The van der Waals surface area contributed by atoms with E-state index < -0.39 is 75.2 Å². The van der Waals surface area contributed by atoms with Crippen LogP contribution in [0.15, 0.2) is 12.2 Å². The Labute approximate surface area is 331 Å². The number of phosphoric ester groups is 1. The van der Waals surface area contributed by atoms with Crippen molar-refractivity contribution in [3.05, 3.63) is 12.2 Å². The summed E-state index contributed by atoms with van der Waals surface area (Å²) in [5, 5.41) is 74.2. The summed E-state index contributed by atoms with van der Waals surface area (Å²) >= 11 is 0. The number of carbonyl (C=O) groups excluding carboxylic acids is 1. The third-order valence-corrected chi connectivity index (χ3v) is 11.6. The molecule has 0 heterocycles. The third-order valence-electron chi connectivity index (χ3n) is 10.6. The first-order valence-electron chi connectivity index (χ1n) is 21.7. The summed E-state index contributed by atoms with van der Waals surface area (Å²) in [5.41, 5.74) is 0. The van der Waals surface area contributed by atoms with Gasteiger partial charge in [-0.3, -0.25) is 13.8 Å². The number of aliphatic hydroxyl groups excluding tert-OH is 7. The van der Waals surface area contributed by atoms with Crippen molar-refractivity contribution in [3.8, 4) is 0 Å². The van der Waals surface area contributed by atoms with Crippen molar-refractivity contribution in [2.75, 3.05) is 6.61 Å². The van der Waals surface area contributed by atoms with Crippen LogP contribution in [0.2, 0.25) is 0 Å². The molecule has 1 saturated carbocycles. The standard InChI is InChI=1S/C41H80NO12P/c1-3-5-7-9-11-13-15-16-17-18-19-20-22-24-26-28-32(43)30-35(45)42-33(34(44)29-27-25-23-21-14-12-10-8-6-4-2)31-53-55(51,52)54-41-39(49)37(47)36(46)38(48)40(41)50/h27,29,32-34,36-41,43-44,46-50H,3-26,28,30-31H2,1-2H3,(H,42,45)(H,51,52)/b29-27+. The molecule has 0 aromatic rings. The van der Waals surface area contributed by atoms with E-state index in [0.717, 1.165) is 44.9 Å². The highest BCUT2D eigenvalue weighted by atomic mass is 31.2. The Morgan fingerprint density at radius 3 is 1.49 bits per heavy atom. The van der Waals surface area contributed by atoms with Gasteiger partial charge in [0, 0.05) is 0 Å². The highest BCUT2D eigenvalue weighted by Gasteiger charge is 2.51. The molecule has 8 unspecified atom stereocenters. The molecule has 0 spiro atoms. The number of unbranched alkanes of at least 4 members (excludes halogenated alkanes) is 22. The summed E-state index contributed by atoms with van der Waals surface area (Å²) in [6.07, 6.45) is 17.5. The molecular formula is C41H80NO12P. The van der Waals surface area contributed by atoms with Gasteiger partial charge in [0.15, 0.2) is 0 Å². The van der Waals surface area contributed by atoms with Crippen LogP contribution in [0.3, 0.4) is 0 Å². The molecule has 8 atom stereocenters. The van der Waals surface area contributed by atoms with Gasteiger partial charge in [-0.15, -0.1) is 0 Å². The van der Waals surface area contributed by atoms with Crippen molar-refractivity contribution < 1.29 is 59.0 Å². The maximum absolute atomic E-state index is 12.9. The summed E-state index contributed by atoms with van der Waals surface area (Å²) < 4.78 is 22.8. The zero-order valence-electron chi connectivity index (χ0n) is 34.1. The number of amides is 1. The Morgan fingerprint density at radius 2 is 1.04 bits per heavy atom. The van der Waals surface area contributed by atoms with E-state index in [1.807, 2.05) is 0 Å². The Morgan fingerprint density at radius 1 is 0.636 bits per heavy atom. The molecule has 0 saturated heterocycles. The molecule has 55 heavy (non-hydrogen) atoms. The average molecular weight is 810 g/mol. The molecule has 1 aliphatic rings. The van der Waals surface area contributed by atoms with Crippen LogP contribution in [0.4, 0.5) is 0 Å². The predicted molar refractivity (Wildman–Crippen MR) is 215 cm³/mol. The molecule has 1 rings (SSSR count). The Kier molecular flexibility index (Phi) is 30.3. The van der Waals surface area contributed by atoms with Crippen LogP contribution in [-0.4, -0.2) is 108 Å². The van der Waals surface area contributed by atoms with E-state index in [1.54, 1.807) is 6.08 Å². The largest absolute Gasteiger partial charge is 0.472 e. The molecule has 13 nitrogen and oxygen atoms in total. The number of aliphatic hydroxyl groups is 7. The van der Waals surface area contributed by atoms with Gasteiger partial charge in [-0.2, -0.15) is 0 Å². The summed E-state index contributed by atoms with van der Waals surface area (Å²) in [6.45, 7) is 3.70. The van der Waals surface area contributed by atoms with Gasteiger partial charge >= 0.3 is 7.82 Å². The number of nitrogens with one attached hydrogen (secondary N) is 1. The minimum atomic E-state index is -5.13.